The largest absolute Gasteiger partial charge is 0.365 e. The summed E-state index contributed by atoms with van der Waals surface area (Å²) >= 11 is 3.60. The summed E-state index contributed by atoms with van der Waals surface area (Å²) < 4.78 is 1.13. The Morgan fingerprint density at radius 1 is 1.42 bits per heavy atom. The molecule has 0 radical (unpaired) electrons. The topological polar surface area (TPSA) is 30.3 Å². The third-order valence-electron chi connectivity index (χ3n) is 3.97. The molecule has 2 unspecified atom stereocenters. The van der Waals surface area contributed by atoms with Gasteiger partial charge in [0.25, 0.3) is 0 Å². The van der Waals surface area contributed by atoms with Crippen LogP contribution in [0.1, 0.15) is 18.9 Å². The molecule has 1 heterocycles. The number of aryl methyl sites for hydroxylation is 1. The SMILES string of the molecule is Cc1ccc(N2CC(C)N(C)CC2CC#N)cc1Br. The smallest absolute Gasteiger partial charge is 0.0643 e. The Bertz CT molecular complexity index is 495. The molecule has 1 aliphatic rings. The summed E-state index contributed by atoms with van der Waals surface area (Å²) in [5, 5.41) is 9.03. The van der Waals surface area contributed by atoms with Crippen molar-refractivity contribution >= 4 is 21.6 Å². The molecular formula is C15H20BrN3. The molecular weight excluding hydrogens is 302 g/mol. The van der Waals surface area contributed by atoms with E-state index in [1.807, 2.05) is 0 Å². The number of benzene rings is 1. The molecule has 0 saturated carbocycles. The molecule has 0 aromatic heterocycles. The standard InChI is InChI=1S/C15H20BrN3/c1-11-4-5-13(8-15(11)16)19-9-12(2)18(3)10-14(19)6-7-17/h4-5,8,12,14H,6,9-10H2,1-3H3. The van der Waals surface area contributed by atoms with E-state index < -0.39 is 0 Å². The summed E-state index contributed by atoms with van der Waals surface area (Å²) in [5.74, 6) is 0. The van der Waals surface area contributed by atoms with E-state index in [-0.39, 0.29) is 6.04 Å². The fourth-order valence-corrected chi connectivity index (χ4v) is 2.91. The van der Waals surface area contributed by atoms with Crippen LogP contribution in [-0.2, 0) is 0 Å². The van der Waals surface area contributed by atoms with Gasteiger partial charge in [-0.15, -0.1) is 0 Å². The second kappa shape index (κ2) is 5.94. The highest BCUT2D eigenvalue weighted by Crippen LogP contribution is 2.28. The molecule has 2 rings (SSSR count). The van der Waals surface area contributed by atoms with E-state index >= 15 is 0 Å². The highest BCUT2D eigenvalue weighted by molar-refractivity contribution is 9.10. The highest BCUT2D eigenvalue weighted by atomic mass is 79.9. The average molecular weight is 322 g/mol. The van der Waals surface area contributed by atoms with Gasteiger partial charge in [0.15, 0.2) is 0 Å². The Morgan fingerprint density at radius 2 is 2.16 bits per heavy atom. The zero-order valence-corrected chi connectivity index (χ0v) is 13.3. The van der Waals surface area contributed by atoms with Gasteiger partial charge in [-0.3, -0.25) is 4.90 Å². The van der Waals surface area contributed by atoms with E-state index in [9.17, 15) is 0 Å². The molecule has 1 aromatic carbocycles. The summed E-state index contributed by atoms with van der Waals surface area (Å²) in [6.45, 7) is 6.24. The molecule has 0 bridgehead atoms. The molecule has 0 aliphatic carbocycles. The van der Waals surface area contributed by atoms with Crippen LogP contribution in [-0.4, -0.2) is 37.1 Å². The fraction of sp³-hybridized carbons (Fsp3) is 0.533. The zero-order valence-electron chi connectivity index (χ0n) is 11.7. The van der Waals surface area contributed by atoms with Gasteiger partial charge in [0, 0.05) is 29.3 Å². The number of anilines is 1. The Labute approximate surface area is 123 Å². The summed E-state index contributed by atoms with van der Waals surface area (Å²) in [7, 11) is 2.14. The number of halogens is 1. The van der Waals surface area contributed by atoms with Crippen LogP contribution >= 0.6 is 15.9 Å². The molecule has 0 N–H and O–H groups in total. The van der Waals surface area contributed by atoms with Crippen molar-refractivity contribution in [2.75, 3.05) is 25.0 Å². The van der Waals surface area contributed by atoms with Gasteiger partial charge in [-0.2, -0.15) is 5.26 Å². The van der Waals surface area contributed by atoms with E-state index in [4.69, 9.17) is 5.26 Å². The van der Waals surface area contributed by atoms with E-state index in [1.165, 1.54) is 11.3 Å². The number of piperazine rings is 1. The van der Waals surface area contributed by atoms with Gasteiger partial charge in [-0.05, 0) is 38.6 Å². The third kappa shape index (κ3) is 3.10. The average Bonchev–Trinajstić information content (AvgIpc) is 2.37. The lowest BCUT2D eigenvalue weighted by molar-refractivity contribution is 0.201. The molecule has 0 amide bonds. The second-order valence-electron chi connectivity index (χ2n) is 5.39. The number of hydrogen-bond acceptors (Lipinski definition) is 3. The molecule has 2 atom stereocenters. The van der Waals surface area contributed by atoms with E-state index in [0.29, 0.717) is 12.5 Å². The molecule has 1 aromatic rings. The molecule has 1 aliphatic heterocycles. The maximum atomic E-state index is 9.03. The summed E-state index contributed by atoms with van der Waals surface area (Å²) in [6, 6.07) is 9.56. The van der Waals surface area contributed by atoms with Crippen LogP contribution < -0.4 is 4.90 Å². The van der Waals surface area contributed by atoms with Crippen molar-refractivity contribution in [1.82, 2.24) is 4.90 Å². The first kappa shape index (κ1) is 14.4. The van der Waals surface area contributed by atoms with E-state index in [0.717, 1.165) is 17.6 Å². The lowest BCUT2D eigenvalue weighted by Gasteiger charge is -2.44. The van der Waals surface area contributed by atoms with Gasteiger partial charge < -0.3 is 4.90 Å². The minimum Gasteiger partial charge on any atom is -0.365 e. The minimum absolute atomic E-state index is 0.279. The summed E-state index contributed by atoms with van der Waals surface area (Å²) in [5.41, 5.74) is 2.44. The minimum atomic E-state index is 0.279. The maximum absolute atomic E-state index is 9.03. The molecule has 19 heavy (non-hydrogen) atoms. The van der Waals surface area contributed by atoms with Gasteiger partial charge in [-0.1, -0.05) is 22.0 Å². The second-order valence-corrected chi connectivity index (χ2v) is 6.24. The Hall–Kier alpha value is -1.05. The molecule has 102 valence electrons. The predicted molar refractivity (Wildman–Crippen MR) is 82.3 cm³/mol. The monoisotopic (exact) mass is 321 g/mol. The first-order valence-corrected chi connectivity index (χ1v) is 7.42. The van der Waals surface area contributed by atoms with Crippen LogP contribution in [0.5, 0.6) is 0 Å². The summed E-state index contributed by atoms with van der Waals surface area (Å²) in [4.78, 5) is 4.71. The lowest BCUT2D eigenvalue weighted by Crippen LogP contribution is -2.56. The lowest BCUT2D eigenvalue weighted by atomic mass is 10.0. The van der Waals surface area contributed by atoms with E-state index in [2.05, 4.69) is 70.9 Å². The van der Waals surface area contributed by atoms with Crippen LogP contribution in [0.3, 0.4) is 0 Å². The molecule has 0 spiro atoms. The van der Waals surface area contributed by atoms with Crippen molar-refractivity contribution in [2.24, 2.45) is 0 Å². The number of nitriles is 1. The summed E-state index contributed by atoms with van der Waals surface area (Å²) in [6.07, 6.45) is 0.572. The number of likely N-dealkylation sites (N-methyl/N-ethyl adjacent to an activating group) is 1. The molecule has 1 fully saturated rings. The first-order valence-electron chi connectivity index (χ1n) is 6.63. The van der Waals surface area contributed by atoms with E-state index in [1.54, 1.807) is 0 Å². The Kier molecular flexibility index (Phi) is 4.49. The number of hydrogen-bond donors (Lipinski definition) is 0. The van der Waals surface area contributed by atoms with Crippen LogP contribution in [0.4, 0.5) is 5.69 Å². The van der Waals surface area contributed by atoms with Gasteiger partial charge in [0.1, 0.15) is 0 Å². The van der Waals surface area contributed by atoms with Crippen LogP contribution in [0.25, 0.3) is 0 Å². The van der Waals surface area contributed by atoms with Gasteiger partial charge in [0.2, 0.25) is 0 Å². The third-order valence-corrected chi connectivity index (χ3v) is 4.82. The maximum Gasteiger partial charge on any atom is 0.0643 e. The van der Waals surface area contributed by atoms with Gasteiger partial charge in [-0.25, -0.2) is 0 Å². The Morgan fingerprint density at radius 3 is 2.79 bits per heavy atom. The quantitative estimate of drug-likeness (QED) is 0.838. The van der Waals surface area contributed by atoms with Gasteiger partial charge >= 0.3 is 0 Å². The van der Waals surface area contributed by atoms with Gasteiger partial charge in [0.05, 0.1) is 18.5 Å². The van der Waals surface area contributed by atoms with Crippen molar-refractivity contribution in [3.63, 3.8) is 0 Å². The zero-order chi connectivity index (χ0) is 14.0. The molecule has 4 heteroatoms. The molecule has 1 saturated heterocycles. The highest BCUT2D eigenvalue weighted by Gasteiger charge is 2.29. The van der Waals surface area contributed by atoms with Crippen molar-refractivity contribution in [3.8, 4) is 6.07 Å². The normalized spacial score (nSPS) is 24.3. The van der Waals surface area contributed by atoms with Crippen LogP contribution in [0.15, 0.2) is 22.7 Å². The fourth-order valence-electron chi connectivity index (χ4n) is 2.54. The number of nitrogens with zero attached hydrogens (tertiary/aromatic N) is 3. The van der Waals surface area contributed by atoms with Crippen LogP contribution in [0, 0.1) is 18.3 Å². The van der Waals surface area contributed by atoms with Crippen LogP contribution in [0.2, 0.25) is 0 Å². The Balaban J connectivity index is 2.28. The predicted octanol–water partition coefficient (Wildman–Crippen LogP) is 3.18. The van der Waals surface area contributed by atoms with Crippen molar-refractivity contribution in [1.29, 1.82) is 5.26 Å². The van der Waals surface area contributed by atoms with Crippen molar-refractivity contribution < 1.29 is 0 Å². The van der Waals surface area contributed by atoms with Crippen molar-refractivity contribution in [2.45, 2.75) is 32.4 Å². The molecule has 3 nitrogen and oxygen atoms in total. The first-order chi connectivity index (χ1) is 9.02. The number of rotatable bonds is 2. The van der Waals surface area contributed by atoms with Crippen molar-refractivity contribution in [3.05, 3.63) is 28.2 Å².